The molecule has 0 aliphatic carbocycles. The van der Waals surface area contributed by atoms with Gasteiger partial charge in [-0.05, 0) is 12.1 Å². The van der Waals surface area contributed by atoms with Crippen LogP contribution < -0.4 is 11.0 Å². The minimum absolute atomic E-state index is 0.250. The monoisotopic (exact) mass is 289 g/mol. The molecule has 0 saturated heterocycles. The molecule has 0 fully saturated rings. The Morgan fingerprint density at radius 2 is 1.62 bits per heavy atom. The van der Waals surface area contributed by atoms with Crippen LogP contribution in [0, 0.1) is 0 Å². The van der Waals surface area contributed by atoms with Crippen LogP contribution in [-0.4, -0.2) is 16.9 Å². The van der Waals surface area contributed by atoms with Crippen molar-refractivity contribution in [1.29, 1.82) is 0 Å². The molecule has 0 radical (unpaired) electrons. The first kappa shape index (κ1) is 13.4. The van der Waals surface area contributed by atoms with Gasteiger partial charge in [0, 0.05) is 5.56 Å². The number of aromatic amines is 1. The molecule has 1 N–H and O–H groups in total. The molecule has 0 atom stereocenters. The molecule has 0 bridgehead atoms. The zero-order valence-corrected chi connectivity index (χ0v) is 10.7. The van der Waals surface area contributed by atoms with Gasteiger partial charge in [-0.25, -0.2) is 4.98 Å². The van der Waals surface area contributed by atoms with Crippen molar-refractivity contribution in [2.75, 3.05) is 0 Å². The summed E-state index contributed by atoms with van der Waals surface area (Å²) in [5.41, 5.74) is -0.0661. The number of nitrogens with zero attached hydrogens (tertiary/aromatic N) is 1. The molecule has 106 valence electrons. The number of fused-ring (bicyclic) bond motifs is 1. The van der Waals surface area contributed by atoms with Crippen LogP contribution in [0.15, 0.2) is 53.3 Å². The van der Waals surface area contributed by atoms with Gasteiger partial charge in [-0.1, -0.05) is 36.4 Å². The molecule has 3 aromatic rings. The van der Waals surface area contributed by atoms with Gasteiger partial charge in [-0.15, -0.1) is 5.46 Å². The minimum atomic E-state index is -5.02. The lowest BCUT2D eigenvalue weighted by molar-refractivity contribution is 0.501. The lowest BCUT2D eigenvalue weighted by Gasteiger charge is -2.14. The summed E-state index contributed by atoms with van der Waals surface area (Å²) in [6.07, 6.45) is 0. The highest BCUT2D eigenvalue weighted by atomic mass is 19.4. The van der Waals surface area contributed by atoms with Gasteiger partial charge in [0.1, 0.15) is 5.82 Å². The molecule has 0 spiro atoms. The molecule has 0 aliphatic rings. The number of benzene rings is 2. The third kappa shape index (κ3) is 2.54. The summed E-state index contributed by atoms with van der Waals surface area (Å²) in [4.78, 5) is 18.8. The molecule has 7 heteroatoms. The van der Waals surface area contributed by atoms with Gasteiger partial charge < -0.3 is 17.9 Å². The van der Waals surface area contributed by atoms with E-state index >= 15 is 0 Å². The molecular formula is C14H9BF3N2O-. The molecule has 0 aliphatic heterocycles. The van der Waals surface area contributed by atoms with Crippen molar-refractivity contribution < 1.29 is 12.9 Å². The van der Waals surface area contributed by atoms with Gasteiger partial charge >= 0.3 is 6.98 Å². The normalized spacial score (nSPS) is 11.8. The van der Waals surface area contributed by atoms with Gasteiger partial charge in [0.2, 0.25) is 0 Å². The zero-order chi connectivity index (χ0) is 15.0. The second-order valence-corrected chi connectivity index (χ2v) is 4.63. The van der Waals surface area contributed by atoms with E-state index in [9.17, 15) is 17.7 Å². The van der Waals surface area contributed by atoms with E-state index in [0.29, 0.717) is 16.5 Å². The Bertz CT molecular complexity index is 856. The molecule has 3 nitrogen and oxygen atoms in total. The summed E-state index contributed by atoms with van der Waals surface area (Å²) >= 11 is 0. The Labute approximate surface area is 117 Å². The molecule has 0 unspecified atom stereocenters. The van der Waals surface area contributed by atoms with Crippen LogP contribution in [0.3, 0.4) is 0 Å². The van der Waals surface area contributed by atoms with E-state index in [1.807, 2.05) is 0 Å². The van der Waals surface area contributed by atoms with E-state index in [-0.39, 0.29) is 11.4 Å². The van der Waals surface area contributed by atoms with Crippen molar-refractivity contribution >= 4 is 23.3 Å². The number of para-hydroxylation sites is 1. The highest BCUT2D eigenvalue weighted by Gasteiger charge is 2.25. The molecule has 0 saturated carbocycles. The second kappa shape index (κ2) is 4.77. The fourth-order valence-corrected chi connectivity index (χ4v) is 2.08. The van der Waals surface area contributed by atoms with E-state index in [2.05, 4.69) is 9.97 Å². The lowest BCUT2D eigenvalue weighted by atomic mass is 9.80. The van der Waals surface area contributed by atoms with E-state index in [1.54, 1.807) is 24.3 Å². The quantitative estimate of drug-likeness (QED) is 0.737. The van der Waals surface area contributed by atoms with Crippen LogP contribution in [-0.2, 0) is 0 Å². The average Bonchev–Trinajstić information content (AvgIpc) is 2.46. The van der Waals surface area contributed by atoms with Gasteiger partial charge in [0.25, 0.3) is 5.56 Å². The maximum Gasteiger partial charge on any atom is 0.509 e. The van der Waals surface area contributed by atoms with Crippen LogP contribution in [0.1, 0.15) is 0 Å². The molecule has 1 heterocycles. The Hall–Kier alpha value is -2.57. The van der Waals surface area contributed by atoms with Gasteiger partial charge in [0.05, 0.1) is 10.9 Å². The number of nitrogens with one attached hydrogen (secondary N) is 1. The lowest BCUT2D eigenvalue weighted by Crippen LogP contribution is -2.33. The molecule has 3 rings (SSSR count). The first-order valence-corrected chi connectivity index (χ1v) is 6.24. The Morgan fingerprint density at radius 1 is 0.952 bits per heavy atom. The highest BCUT2D eigenvalue weighted by Crippen LogP contribution is 2.17. The largest absolute Gasteiger partial charge is 0.509 e. The van der Waals surface area contributed by atoms with Crippen molar-refractivity contribution in [2.45, 2.75) is 0 Å². The van der Waals surface area contributed by atoms with Gasteiger partial charge in [0.15, 0.2) is 0 Å². The van der Waals surface area contributed by atoms with E-state index in [1.165, 1.54) is 12.1 Å². The SMILES string of the molecule is O=c1[nH]c(-c2ccc([B-](F)(F)F)cc2)nc2ccccc12. The predicted octanol–water partition coefficient (Wildman–Crippen LogP) is 2.64. The second-order valence-electron chi connectivity index (χ2n) is 4.63. The summed E-state index contributed by atoms with van der Waals surface area (Å²) in [6, 6.07) is 11.4. The third-order valence-corrected chi connectivity index (χ3v) is 3.17. The fraction of sp³-hybridized carbons (Fsp3) is 0. The molecule has 21 heavy (non-hydrogen) atoms. The van der Waals surface area contributed by atoms with Crippen molar-refractivity contribution in [2.24, 2.45) is 0 Å². The van der Waals surface area contributed by atoms with Crippen LogP contribution in [0.25, 0.3) is 22.3 Å². The van der Waals surface area contributed by atoms with E-state index < -0.39 is 12.4 Å². The molecule has 0 amide bonds. The number of halogens is 3. The molecular weight excluding hydrogens is 280 g/mol. The Morgan fingerprint density at radius 3 is 2.29 bits per heavy atom. The van der Waals surface area contributed by atoms with Crippen molar-refractivity contribution in [1.82, 2.24) is 9.97 Å². The number of rotatable bonds is 2. The first-order valence-electron chi connectivity index (χ1n) is 6.24. The van der Waals surface area contributed by atoms with Crippen LogP contribution in [0.5, 0.6) is 0 Å². The zero-order valence-electron chi connectivity index (χ0n) is 10.7. The maximum absolute atomic E-state index is 12.6. The van der Waals surface area contributed by atoms with Crippen molar-refractivity contribution in [3.05, 3.63) is 58.9 Å². The molecule has 1 aromatic heterocycles. The third-order valence-electron chi connectivity index (χ3n) is 3.17. The first-order chi connectivity index (χ1) is 9.95. The summed E-state index contributed by atoms with van der Waals surface area (Å²) in [5, 5.41) is 0.441. The topological polar surface area (TPSA) is 45.8 Å². The fourth-order valence-electron chi connectivity index (χ4n) is 2.08. The van der Waals surface area contributed by atoms with Crippen molar-refractivity contribution in [3.8, 4) is 11.4 Å². The van der Waals surface area contributed by atoms with Crippen molar-refractivity contribution in [3.63, 3.8) is 0 Å². The summed E-state index contributed by atoms with van der Waals surface area (Å²) < 4.78 is 37.8. The average molecular weight is 289 g/mol. The number of hydrogen-bond donors (Lipinski definition) is 1. The summed E-state index contributed by atoms with van der Waals surface area (Å²) in [5.74, 6) is 0.250. The van der Waals surface area contributed by atoms with Crippen LogP contribution >= 0.6 is 0 Å². The summed E-state index contributed by atoms with van der Waals surface area (Å²) in [6.45, 7) is -5.02. The van der Waals surface area contributed by atoms with Crippen LogP contribution in [0.2, 0.25) is 0 Å². The highest BCUT2D eigenvalue weighted by molar-refractivity contribution is 6.73. The predicted molar refractivity (Wildman–Crippen MR) is 76.5 cm³/mol. The maximum atomic E-state index is 12.6. The van der Waals surface area contributed by atoms with Crippen LogP contribution in [0.4, 0.5) is 12.9 Å². The number of aromatic nitrogens is 2. The summed E-state index contributed by atoms with van der Waals surface area (Å²) in [7, 11) is 0. The van der Waals surface area contributed by atoms with E-state index in [4.69, 9.17) is 0 Å². The molecule has 2 aromatic carbocycles. The Kier molecular flexibility index (Phi) is 3.05. The smallest absolute Gasteiger partial charge is 0.445 e. The van der Waals surface area contributed by atoms with Gasteiger partial charge in [-0.2, -0.15) is 0 Å². The minimum Gasteiger partial charge on any atom is -0.445 e. The van der Waals surface area contributed by atoms with E-state index in [0.717, 1.165) is 12.1 Å². The number of hydrogen-bond acceptors (Lipinski definition) is 2. The standard InChI is InChI=1S/C14H9BF3N2O/c16-15(17,18)10-7-5-9(6-8-10)13-19-12-4-2-1-3-11(12)14(21)20-13/h1-8H,(H,19,20,21)/q-1. The van der Waals surface area contributed by atoms with Gasteiger partial charge in [-0.3, -0.25) is 4.79 Å². The Balaban J connectivity index is 2.10. The number of H-pyrrole nitrogens is 1.